The number of benzene rings is 3. The van der Waals surface area contributed by atoms with E-state index in [2.05, 4.69) is 10.1 Å². The van der Waals surface area contributed by atoms with Crippen LogP contribution in [0.15, 0.2) is 42.5 Å². The molecule has 0 saturated carbocycles. The van der Waals surface area contributed by atoms with Gasteiger partial charge in [-0.2, -0.15) is 8.78 Å². The van der Waals surface area contributed by atoms with E-state index in [1.54, 1.807) is 12.1 Å². The van der Waals surface area contributed by atoms with Gasteiger partial charge < -0.3 is 14.8 Å². The molecule has 12 heteroatoms. The molecule has 0 aromatic heterocycles. The number of halogens is 7. The Balaban J connectivity index is 1.88. The first-order valence-electron chi connectivity index (χ1n) is 10.9. The van der Waals surface area contributed by atoms with E-state index in [1.807, 2.05) is 0 Å². The third kappa shape index (κ3) is 6.77. The fourth-order valence-electron chi connectivity index (χ4n) is 3.23. The van der Waals surface area contributed by atoms with Crippen molar-refractivity contribution in [2.24, 2.45) is 0 Å². The summed E-state index contributed by atoms with van der Waals surface area (Å²) in [5, 5.41) is 2.09. The summed E-state index contributed by atoms with van der Waals surface area (Å²) in [6.07, 6.45) is -1.42. The zero-order chi connectivity index (χ0) is 28.4. The highest BCUT2D eigenvalue weighted by molar-refractivity contribution is 6.31. The molecular weight excluding hydrogens is 540 g/mol. The molecule has 0 aliphatic carbocycles. The second-order valence-corrected chi connectivity index (χ2v) is 9.46. The summed E-state index contributed by atoms with van der Waals surface area (Å²) < 4.78 is 91.6. The third-order valence-corrected chi connectivity index (χ3v) is 5.28. The highest BCUT2D eigenvalue weighted by Crippen LogP contribution is 2.30. The van der Waals surface area contributed by atoms with Crippen molar-refractivity contribution in [2.45, 2.75) is 38.8 Å². The maximum Gasteiger partial charge on any atom is 0.408 e. The molecule has 0 bridgehead atoms. The van der Waals surface area contributed by atoms with Crippen LogP contribution in [0.3, 0.4) is 0 Å². The Hall–Kier alpha value is -3.73. The first-order chi connectivity index (χ1) is 17.7. The van der Waals surface area contributed by atoms with Crippen LogP contribution >= 0.6 is 11.6 Å². The Kier molecular flexibility index (Phi) is 8.61. The van der Waals surface area contributed by atoms with Crippen LogP contribution in [-0.4, -0.2) is 23.7 Å². The fourth-order valence-corrected chi connectivity index (χ4v) is 3.41. The molecule has 0 aliphatic rings. The molecule has 0 radical (unpaired) electrons. The zero-order valence-electron chi connectivity index (χ0n) is 20.1. The number of alkyl carbamates (subject to hydrolysis) is 1. The summed E-state index contributed by atoms with van der Waals surface area (Å²) in [5.41, 5.74) is 0.615. The molecule has 1 amide bonds. The molecule has 5 nitrogen and oxygen atoms in total. The van der Waals surface area contributed by atoms with Gasteiger partial charge in [0, 0.05) is 6.42 Å². The summed E-state index contributed by atoms with van der Waals surface area (Å²) >= 11 is 5.81. The lowest BCUT2D eigenvalue weighted by molar-refractivity contribution is -0.137. The molecule has 202 valence electrons. The first kappa shape index (κ1) is 28.8. The van der Waals surface area contributed by atoms with Crippen LogP contribution in [0.2, 0.25) is 5.02 Å². The summed E-state index contributed by atoms with van der Waals surface area (Å²) in [5.74, 6) is -15.7. The molecule has 0 saturated heterocycles. The maximum atomic E-state index is 14.1. The standard InChI is InChI=1S/C26H20ClF6NO4/c1-26(2,3)38-25(36)34-17(24(35)37-23-21(32)19(30)18(29)20(31)22(23)33)10-12-4-6-13(7-5-12)14-8-9-16(28)15(27)11-14/h4-9,11,17H,10H2,1-3H3,(H,34,36). The molecule has 0 fully saturated rings. The van der Waals surface area contributed by atoms with Crippen LogP contribution < -0.4 is 10.1 Å². The number of hydrogen-bond acceptors (Lipinski definition) is 4. The minimum atomic E-state index is -2.43. The molecule has 1 atom stereocenters. The van der Waals surface area contributed by atoms with E-state index in [1.165, 1.54) is 51.1 Å². The molecule has 38 heavy (non-hydrogen) atoms. The topological polar surface area (TPSA) is 64.6 Å². The Labute approximate surface area is 218 Å². The predicted molar refractivity (Wildman–Crippen MR) is 126 cm³/mol. The van der Waals surface area contributed by atoms with Crippen molar-refractivity contribution in [3.05, 3.63) is 88.0 Å². The number of ether oxygens (including phenoxy) is 2. The van der Waals surface area contributed by atoms with E-state index in [4.69, 9.17) is 16.3 Å². The molecule has 0 spiro atoms. The van der Waals surface area contributed by atoms with Gasteiger partial charge in [-0.3, -0.25) is 0 Å². The fraction of sp³-hybridized carbons (Fsp3) is 0.231. The monoisotopic (exact) mass is 559 g/mol. The first-order valence-corrected chi connectivity index (χ1v) is 11.3. The molecule has 1 unspecified atom stereocenters. The van der Waals surface area contributed by atoms with Crippen LogP contribution in [0.5, 0.6) is 5.75 Å². The molecule has 1 N–H and O–H groups in total. The van der Waals surface area contributed by atoms with Gasteiger partial charge in [-0.1, -0.05) is 41.9 Å². The van der Waals surface area contributed by atoms with Gasteiger partial charge in [0.15, 0.2) is 0 Å². The molecular formula is C26H20ClF6NO4. The number of esters is 1. The zero-order valence-corrected chi connectivity index (χ0v) is 20.9. The van der Waals surface area contributed by atoms with Crippen molar-refractivity contribution in [3.8, 4) is 16.9 Å². The minimum Gasteiger partial charge on any atom is -0.444 e. The van der Waals surface area contributed by atoms with Gasteiger partial charge >= 0.3 is 12.1 Å². The van der Waals surface area contributed by atoms with Gasteiger partial charge in [-0.05, 0) is 49.6 Å². The Morgan fingerprint density at radius 1 is 0.842 bits per heavy atom. The maximum absolute atomic E-state index is 14.1. The molecule has 0 aliphatic heterocycles. The lowest BCUT2D eigenvalue weighted by Gasteiger charge is -2.23. The second-order valence-electron chi connectivity index (χ2n) is 9.05. The largest absolute Gasteiger partial charge is 0.444 e. The van der Waals surface area contributed by atoms with E-state index in [0.717, 1.165) is 0 Å². The Bertz CT molecular complexity index is 1350. The van der Waals surface area contributed by atoms with Crippen LogP contribution in [-0.2, 0) is 16.0 Å². The normalized spacial score (nSPS) is 12.2. The number of carbonyl (C=O) groups excluding carboxylic acids is 2. The second kappa shape index (κ2) is 11.3. The van der Waals surface area contributed by atoms with Crippen LogP contribution in [0.1, 0.15) is 26.3 Å². The number of hydrogen-bond donors (Lipinski definition) is 1. The quantitative estimate of drug-likeness (QED) is 0.118. The summed E-state index contributed by atoms with van der Waals surface area (Å²) in [7, 11) is 0. The Morgan fingerprint density at radius 3 is 1.89 bits per heavy atom. The van der Waals surface area contributed by atoms with Crippen molar-refractivity contribution in [2.75, 3.05) is 0 Å². The smallest absolute Gasteiger partial charge is 0.408 e. The summed E-state index contributed by atoms with van der Waals surface area (Å²) in [6.45, 7) is 4.61. The van der Waals surface area contributed by atoms with Crippen molar-refractivity contribution < 1.29 is 45.4 Å². The van der Waals surface area contributed by atoms with E-state index >= 15 is 0 Å². The number of carbonyl (C=O) groups is 2. The highest BCUT2D eigenvalue weighted by atomic mass is 35.5. The van der Waals surface area contributed by atoms with Gasteiger partial charge in [0.05, 0.1) is 5.02 Å². The van der Waals surface area contributed by atoms with Gasteiger partial charge in [0.2, 0.25) is 34.8 Å². The number of nitrogens with one attached hydrogen (secondary N) is 1. The van der Waals surface area contributed by atoms with Gasteiger partial charge in [-0.25, -0.2) is 27.2 Å². The van der Waals surface area contributed by atoms with Gasteiger partial charge in [0.1, 0.15) is 17.5 Å². The SMILES string of the molecule is CC(C)(C)OC(=O)NC(Cc1ccc(-c2ccc(F)c(Cl)c2)cc1)C(=O)Oc1c(F)c(F)c(F)c(F)c1F. The molecule has 3 rings (SSSR count). The highest BCUT2D eigenvalue weighted by Gasteiger charge is 2.32. The number of amides is 1. The van der Waals surface area contributed by atoms with Crippen molar-refractivity contribution in [3.63, 3.8) is 0 Å². The molecule has 0 heterocycles. The molecule has 3 aromatic rings. The lowest BCUT2D eigenvalue weighted by Crippen LogP contribution is -2.46. The Morgan fingerprint density at radius 2 is 1.37 bits per heavy atom. The summed E-state index contributed by atoms with van der Waals surface area (Å²) in [4.78, 5) is 25.1. The van der Waals surface area contributed by atoms with Gasteiger partial charge in [-0.15, -0.1) is 0 Å². The van der Waals surface area contributed by atoms with Crippen molar-refractivity contribution >= 4 is 23.7 Å². The summed E-state index contributed by atoms with van der Waals surface area (Å²) in [6, 6.07) is 8.67. The average molecular weight is 560 g/mol. The van der Waals surface area contributed by atoms with E-state index in [-0.39, 0.29) is 11.4 Å². The van der Waals surface area contributed by atoms with Crippen LogP contribution in [0.25, 0.3) is 11.1 Å². The van der Waals surface area contributed by atoms with Crippen molar-refractivity contribution in [1.29, 1.82) is 0 Å². The molecule has 3 aromatic carbocycles. The van der Waals surface area contributed by atoms with Gasteiger partial charge in [0.25, 0.3) is 0 Å². The average Bonchev–Trinajstić information content (AvgIpc) is 2.84. The van der Waals surface area contributed by atoms with E-state index < -0.39 is 64.4 Å². The van der Waals surface area contributed by atoms with E-state index in [9.17, 15) is 35.9 Å². The number of rotatable bonds is 6. The van der Waals surface area contributed by atoms with E-state index in [0.29, 0.717) is 16.7 Å². The van der Waals surface area contributed by atoms with Crippen LogP contribution in [0.4, 0.5) is 31.1 Å². The third-order valence-electron chi connectivity index (χ3n) is 4.99. The van der Waals surface area contributed by atoms with Crippen LogP contribution in [0, 0.1) is 34.9 Å². The minimum absolute atomic E-state index is 0.0934. The van der Waals surface area contributed by atoms with Crippen molar-refractivity contribution in [1.82, 2.24) is 5.32 Å². The predicted octanol–water partition coefficient (Wildman–Crippen LogP) is 6.88. The lowest BCUT2D eigenvalue weighted by atomic mass is 10.0.